The van der Waals surface area contributed by atoms with Crippen LogP contribution in [0.25, 0.3) is 0 Å². The van der Waals surface area contributed by atoms with Gasteiger partial charge in [0.25, 0.3) is 0 Å². The lowest BCUT2D eigenvalue weighted by Crippen LogP contribution is -2.62. The van der Waals surface area contributed by atoms with E-state index in [2.05, 4.69) is 26.1 Å². The lowest BCUT2D eigenvalue weighted by atomic mass is 9.46. The highest BCUT2D eigenvalue weighted by Gasteiger charge is 2.68. The zero-order valence-electron chi connectivity index (χ0n) is 22.0. The number of ether oxygens (including phenoxy) is 1. The summed E-state index contributed by atoms with van der Waals surface area (Å²) < 4.78 is 6.36. The summed E-state index contributed by atoms with van der Waals surface area (Å²) in [5, 5.41) is 3.34. The number of hydrogen-bond acceptors (Lipinski definition) is 3. The molecule has 7 atom stereocenters. The third kappa shape index (κ3) is 3.88. The largest absolute Gasteiger partial charge is 0.440 e. The molecule has 5 fully saturated rings. The second-order valence-electron chi connectivity index (χ2n) is 13.0. The van der Waals surface area contributed by atoms with Gasteiger partial charge in [-0.15, -0.1) is 0 Å². The van der Waals surface area contributed by atoms with Crippen LogP contribution in [0, 0.1) is 28.6 Å². The highest BCUT2D eigenvalue weighted by Crippen LogP contribution is 2.68. The van der Waals surface area contributed by atoms with E-state index in [1.165, 1.54) is 57.8 Å². The molecule has 2 amide bonds. The van der Waals surface area contributed by atoms with Gasteiger partial charge in [0.2, 0.25) is 5.91 Å². The molecule has 3 aliphatic carbocycles. The van der Waals surface area contributed by atoms with Gasteiger partial charge in [0.1, 0.15) is 5.60 Å². The number of fused-ring (bicyclic) bond motifs is 6. The minimum absolute atomic E-state index is 0.0550. The van der Waals surface area contributed by atoms with Crippen LogP contribution in [-0.4, -0.2) is 41.6 Å². The van der Waals surface area contributed by atoms with Crippen molar-refractivity contribution in [3.63, 3.8) is 0 Å². The molecule has 5 aliphatic rings. The summed E-state index contributed by atoms with van der Waals surface area (Å²) in [6.45, 7) is 8.85. The van der Waals surface area contributed by atoms with Crippen LogP contribution in [-0.2, 0) is 9.53 Å². The number of piperidine rings is 1. The smallest absolute Gasteiger partial charge is 0.410 e. The van der Waals surface area contributed by atoms with Gasteiger partial charge in [-0.3, -0.25) is 4.79 Å². The number of unbranched alkanes of at least 4 members (excludes halogenated alkanes) is 6. The lowest BCUT2D eigenvalue weighted by molar-refractivity contribution is -0.145. The van der Waals surface area contributed by atoms with E-state index in [9.17, 15) is 9.59 Å². The second kappa shape index (κ2) is 9.32. The van der Waals surface area contributed by atoms with E-state index >= 15 is 0 Å². The van der Waals surface area contributed by atoms with E-state index in [0.29, 0.717) is 30.2 Å². The third-order valence-electron chi connectivity index (χ3n) is 11.4. The van der Waals surface area contributed by atoms with Crippen LogP contribution in [0.2, 0.25) is 0 Å². The maximum absolute atomic E-state index is 13.0. The minimum Gasteiger partial charge on any atom is -0.440 e. The van der Waals surface area contributed by atoms with Crippen molar-refractivity contribution in [2.75, 3.05) is 13.1 Å². The zero-order valence-corrected chi connectivity index (χ0v) is 22.0. The van der Waals surface area contributed by atoms with E-state index in [4.69, 9.17) is 4.74 Å². The summed E-state index contributed by atoms with van der Waals surface area (Å²) >= 11 is 0. The quantitative estimate of drug-likeness (QED) is 0.413. The Morgan fingerprint density at radius 1 is 0.912 bits per heavy atom. The fraction of sp³-hybridized carbons (Fsp3) is 0.931. The van der Waals surface area contributed by atoms with Gasteiger partial charge in [-0.25, -0.2) is 4.79 Å². The Morgan fingerprint density at radius 3 is 2.44 bits per heavy atom. The lowest BCUT2D eigenvalue weighted by Gasteiger charge is -2.60. The van der Waals surface area contributed by atoms with Crippen molar-refractivity contribution < 1.29 is 14.3 Å². The van der Waals surface area contributed by atoms with Gasteiger partial charge in [0.05, 0.1) is 6.54 Å². The number of carbonyl (C=O) groups is 2. The fourth-order valence-electron chi connectivity index (χ4n) is 9.29. The van der Waals surface area contributed by atoms with Crippen molar-refractivity contribution in [3.8, 4) is 0 Å². The van der Waals surface area contributed by atoms with Gasteiger partial charge in [0.15, 0.2) is 0 Å². The first-order valence-corrected chi connectivity index (χ1v) is 14.6. The van der Waals surface area contributed by atoms with Crippen molar-refractivity contribution in [3.05, 3.63) is 0 Å². The van der Waals surface area contributed by atoms with Crippen LogP contribution in [0.5, 0.6) is 0 Å². The summed E-state index contributed by atoms with van der Waals surface area (Å²) in [6, 6.07) is 0.358. The van der Waals surface area contributed by atoms with Crippen molar-refractivity contribution >= 4 is 12.0 Å². The Hall–Kier alpha value is -1.26. The Kier molecular flexibility index (Phi) is 6.70. The van der Waals surface area contributed by atoms with Crippen molar-refractivity contribution in [1.82, 2.24) is 10.2 Å². The highest BCUT2D eigenvalue weighted by atomic mass is 16.6. The Bertz CT molecular complexity index is 785. The number of rotatable bonds is 8. The molecule has 0 aromatic carbocycles. The number of nitrogens with one attached hydrogen (secondary N) is 1. The molecule has 5 rings (SSSR count). The second-order valence-corrected chi connectivity index (χ2v) is 13.0. The van der Waals surface area contributed by atoms with E-state index in [1.54, 1.807) is 0 Å². The van der Waals surface area contributed by atoms with Gasteiger partial charge in [-0.05, 0) is 74.5 Å². The summed E-state index contributed by atoms with van der Waals surface area (Å²) in [5.74, 6) is 2.31. The Morgan fingerprint density at radius 2 is 1.65 bits per heavy atom. The third-order valence-corrected chi connectivity index (χ3v) is 11.4. The maximum Gasteiger partial charge on any atom is 0.410 e. The standard InChI is InChI=1S/C29H48N2O3/c1-4-5-6-7-8-9-10-19-31-20-29(34-26(31)33)18-14-23-21-11-12-24-27(2,16-15-25(32)30-24)22(21)13-17-28(23,29)3/h21-24H,4-20H2,1-3H3,(H,30,32)/t21-,22+,23+,24-,27-,28+,29+/m1/s1. The molecule has 2 heterocycles. The van der Waals surface area contributed by atoms with Crippen LogP contribution in [0.3, 0.4) is 0 Å². The van der Waals surface area contributed by atoms with E-state index in [1.807, 2.05) is 4.90 Å². The number of hydrogen-bond donors (Lipinski definition) is 1. The molecular formula is C29H48N2O3. The molecule has 192 valence electrons. The minimum atomic E-state index is -0.278. The van der Waals surface area contributed by atoms with Crippen LogP contribution in [0.4, 0.5) is 4.79 Å². The molecule has 0 bridgehead atoms. The van der Waals surface area contributed by atoms with Crippen LogP contribution < -0.4 is 5.32 Å². The fourth-order valence-corrected chi connectivity index (χ4v) is 9.29. The molecule has 3 saturated carbocycles. The number of carbonyl (C=O) groups excluding carboxylic acids is 2. The normalized spacial score (nSPS) is 43.3. The van der Waals surface area contributed by atoms with Gasteiger partial charge < -0.3 is 15.0 Å². The average Bonchev–Trinajstić information content (AvgIpc) is 3.29. The molecule has 34 heavy (non-hydrogen) atoms. The van der Waals surface area contributed by atoms with Crippen molar-refractivity contribution in [2.24, 2.45) is 28.6 Å². The summed E-state index contributed by atoms with van der Waals surface area (Å²) in [5.41, 5.74) is 0.0582. The van der Waals surface area contributed by atoms with Crippen LogP contribution in [0.1, 0.15) is 117 Å². The number of amides is 2. The predicted molar refractivity (Wildman–Crippen MR) is 134 cm³/mol. The number of nitrogens with zero attached hydrogens (tertiary/aromatic N) is 1. The average molecular weight is 473 g/mol. The molecule has 2 aliphatic heterocycles. The molecule has 0 aromatic heterocycles. The molecular weight excluding hydrogens is 424 g/mol. The van der Waals surface area contributed by atoms with Gasteiger partial charge >= 0.3 is 6.09 Å². The molecule has 1 N–H and O–H groups in total. The topological polar surface area (TPSA) is 58.6 Å². The molecule has 5 nitrogen and oxygen atoms in total. The molecule has 0 radical (unpaired) electrons. The van der Waals surface area contributed by atoms with Crippen LogP contribution >= 0.6 is 0 Å². The summed E-state index contributed by atoms with van der Waals surface area (Å²) in [4.78, 5) is 27.1. The highest BCUT2D eigenvalue weighted by molar-refractivity contribution is 5.77. The van der Waals surface area contributed by atoms with E-state index in [0.717, 1.165) is 45.2 Å². The van der Waals surface area contributed by atoms with Gasteiger partial charge in [-0.2, -0.15) is 0 Å². The van der Waals surface area contributed by atoms with E-state index in [-0.39, 0.29) is 28.4 Å². The molecule has 0 aromatic rings. The molecule has 1 spiro atoms. The molecule has 2 saturated heterocycles. The first-order chi connectivity index (χ1) is 16.3. The monoisotopic (exact) mass is 472 g/mol. The summed E-state index contributed by atoms with van der Waals surface area (Å²) in [7, 11) is 0. The summed E-state index contributed by atoms with van der Waals surface area (Å²) in [6.07, 6.45) is 17.6. The zero-order chi connectivity index (χ0) is 24.0. The Labute approximate surface area is 207 Å². The SMILES string of the molecule is CCCCCCCCCN1C[C@]2(CC[C@H]3[C@@H]4CC[C@H]5NC(=O)CC[C@]5(C)[C@H]4CC[C@@]32C)OC1=O. The predicted octanol–water partition coefficient (Wildman–Crippen LogP) is 6.45. The van der Waals surface area contributed by atoms with Crippen molar-refractivity contribution in [1.29, 1.82) is 0 Å². The van der Waals surface area contributed by atoms with Crippen molar-refractivity contribution in [2.45, 2.75) is 129 Å². The Balaban J connectivity index is 1.22. The van der Waals surface area contributed by atoms with Gasteiger partial charge in [0, 0.05) is 24.4 Å². The van der Waals surface area contributed by atoms with Gasteiger partial charge in [-0.1, -0.05) is 59.3 Å². The molecule has 5 heteroatoms. The van der Waals surface area contributed by atoms with Crippen LogP contribution in [0.15, 0.2) is 0 Å². The first kappa shape index (κ1) is 24.4. The van der Waals surface area contributed by atoms with E-state index < -0.39 is 0 Å². The molecule has 0 unspecified atom stereocenters. The first-order valence-electron chi connectivity index (χ1n) is 14.6. The maximum atomic E-state index is 13.0.